The van der Waals surface area contributed by atoms with Crippen molar-refractivity contribution in [2.75, 3.05) is 13.7 Å². The Bertz CT molecular complexity index is 399. The molecule has 0 aromatic rings. The SMILES string of the molecule is COC(=O)CC1CCCCN1C(=O)C1CC2CCC1N2. The number of nitrogens with one attached hydrogen (secondary N) is 1. The zero-order valence-electron chi connectivity index (χ0n) is 12.1. The molecule has 0 aromatic carbocycles. The summed E-state index contributed by atoms with van der Waals surface area (Å²) in [6, 6.07) is 0.953. The first kappa shape index (κ1) is 13.9. The van der Waals surface area contributed by atoms with Gasteiger partial charge in [0.2, 0.25) is 5.91 Å². The van der Waals surface area contributed by atoms with E-state index < -0.39 is 0 Å². The first-order valence-electron chi connectivity index (χ1n) is 7.82. The third-order valence-electron chi connectivity index (χ3n) is 5.16. The van der Waals surface area contributed by atoms with Crippen molar-refractivity contribution in [3.8, 4) is 0 Å². The normalized spacial score (nSPS) is 36.1. The van der Waals surface area contributed by atoms with Crippen LogP contribution in [0, 0.1) is 5.92 Å². The van der Waals surface area contributed by atoms with Crippen LogP contribution in [0.3, 0.4) is 0 Å². The molecule has 0 spiro atoms. The van der Waals surface area contributed by atoms with Gasteiger partial charge in [-0.05, 0) is 38.5 Å². The molecule has 5 nitrogen and oxygen atoms in total. The van der Waals surface area contributed by atoms with Gasteiger partial charge in [0.1, 0.15) is 0 Å². The van der Waals surface area contributed by atoms with E-state index in [-0.39, 0.29) is 23.8 Å². The standard InChI is InChI=1S/C15H24N2O3/c1-20-14(18)9-11-4-2-3-7-17(11)15(19)12-8-10-5-6-13(12)16-10/h10-13,16H,2-9H2,1H3. The van der Waals surface area contributed by atoms with Gasteiger partial charge in [-0.3, -0.25) is 9.59 Å². The molecule has 4 unspecified atom stereocenters. The summed E-state index contributed by atoms with van der Waals surface area (Å²) in [5, 5.41) is 3.53. The number of methoxy groups -OCH3 is 1. The minimum Gasteiger partial charge on any atom is -0.469 e. The summed E-state index contributed by atoms with van der Waals surface area (Å²) in [4.78, 5) is 26.3. The fourth-order valence-electron chi connectivity index (χ4n) is 4.09. The minimum atomic E-state index is -0.208. The zero-order valence-corrected chi connectivity index (χ0v) is 12.1. The number of amides is 1. The van der Waals surface area contributed by atoms with E-state index in [4.69, 9.17) is 4.74 Å². The number of hydrogen-bond donors (Lipinski definition) is 1. The maximum Gasteiger partial charge on any atom is 0.307 e. The Balaban J connectivity index is 1.66. The highest BCUT2D eigenvalue weighted by atomic mass is 16.5. The Labute approximate surface area is 120 Å². The van der Waals surface area contributed by atoms with Crippen LogP contribution in [0.25, 0.3) is 0 Å². The second-order valence-electron chi connectivity index (χ2n) is 6.35. The van der Waals surface area contributed by atoms with Gasteiger partial charge in [-0.25, -0.2) is 0 Å². The van der Waals surface area contributed by atoms with Gasteiger partial charge in [0.15, 0.2) is 0 Å². The number of carbonyl (C=O) groups excluding carboxylic acids is 2. The number of carbonyl (C=O) groups is 2. The average Bonchev–Trinajstić information content (AvgIpc) is 3.09. The van der Waals surface area contributed by atoms with Crippen molar-refractivity contribution in [3.63, 3.8) is 0 Å². The van der Waals surface area contributed by atoms with E-state index in [0.717, 1.165) is 38.6 Å². The van der Waals surface area contributed by atoms with Gasteiger partial charge >= 0.3 is 5.97 Å². The molecule has 2 bridgehead atoms. The monoisotopic (exact) mass is 280 g/mol. The van der Waals surface area contributed by atoms with E-state index in [0.29, 0.717) is 18.5 Å². The molecule has 0 aromatic heterocycles. The van der Waals surface area contributed by atoms with Gasteiger partial charge < -0.3 is 15.0 Å². The summed E-state index contributed by atoms with van der Waals surface area (Å²) >= 11 is 0. The number of fused-ring (bicyclic) bond motifs is 2. The molecule has 5 heteroatoms. The maximum atomic E-state index is 12.8. The second-order valence-corrected chi connectivity index (χ2v) is 6.35. The lowest BCUT2D eigenvalue weighted by atomic mass is 9.86. The van der Waals surface area contributed by atoms with Crippen LogP contribution >= 0.6 is 0 Å². The summed E-state index contributed by atoms with van der Waals surface area (Å²) in [7, 11) is 1.41. The van der Waals surface area contributed by atoms with Crippen LogP contribution in [0.15, 0.2) is 0 Å². The summed E-state index contributed by atoms with van der Waals surface area (Å²) in [6.07, 6.45) is 6.73. The Morgan fingerprint density at radius 3 is 2.75 bits per heavy atom. The first-order valence-corrected chi connectivity index (χ1v) is 7.82. The number of esters is 1. The molecule has 3 aliphatic rings. The Kier molecular flexibility index (Phi) is 3.96. The van der Waals surface area contributed by atoms with Crippen LogP contribution in [-0.2, 0) is 14.3 Å². The van der Waals surface area contributed by atoms with Crippen LogP contribution in [-0.4, -0.2) is 48.6 Å². The third-order valence-corrected chi connectivity index (χ3v) is 5.16. The Morgan fingerprint density at radius 1 is 1.25 bits per heavy atom. The van der Waals surface area contributed by atoms with Gasteiger partial charge in [0.05, 0.1) is 19.4 Å². The van der Waals surface area contributed by atoms with E-state index in [1.165, 1.54) is 13.5 Å². The second kappa shape index (κ2) is 5.72. The van der Waals surface area contributed by atoms with Crippen molar-refractivity contribution >= 4 is 11.9 Å². The van der Waals surface area contributed by atoms with E-state index in [1.807, 2.05) is 4.90 Å². The van der Waals surface area contributed by atoms with Gasteiger partial charge in [0, 0.05) is 24.7 Å². The molecular weight excluding hydrogens is 256 g/mol. The topological polar surface area (TPSA) is 58.6 Å². The summed E-state index contributed by atoms with van der Waals surface area (Å²) in [6.45, 7) is 0.800. The van der Waals surface area contributed by atoms with Crippen LogP contribution in [0.4, 0.5) is 0 Å². The highest BCUT2D eigenvalue weighted by molar-refractivity contribution is 5.81. The predicted octanol–water partition coefficient (Wildman–Crippen LogP) is 1.07. The molecule has 4 atom stereocenters. The number of piperidine rings is 1. The lowest BCUT2D eigenvalue weighted by Crippen LogP contribution is -2.49. The van der Waals surface area contributed by atoms with Gasteiger partial charge in [-0.15, -0.1) is 0 Å². The van der Waals surface area contributed by atoms with Crippen LogP contribution < -0.4 is 5.32 Å². The molecule has 1 amide bonds. The van der Waals surface area contributed by atoms with Crippen LogP contribution in [0.5, 0.6) is 0 Å². The smallest absolute Gasteiger partial charge is 0.307 e. The fourth-order valence-corrected chi connectivity index (χ4v) is 4.09. The van der Waals surface area contributed by atoms with Crippen molar-refractivity contribution < 1.29 is 14.3 Å². The van der Waals surface area contributed by atoms with Crippen molar-refractivity contribution in [3.05, 3.63) is 0 Å². The van der Waals surface area contributed by atoms with E-state index in [9.17, 15) is 9.59 Å². The zero-order chi connectivity index (χ0) is 14.1. The molecule has 0 aliphatic carbocycles. The summed E-state index contributed by atoms with van der Waals surface area (Å²) in [5.41, 5.74) is 0. The number of hydrogen-bond acceptors (Lipinski definition) is 4. The van der Waals surface area contributed by atoms with Crippen molar-refractivity contribution in [2.24, 2.45) is 5.92 Å². The van der Waals surface area contributed by atoms with Gasteiger partial charge in [-0.1, -0.05) is 0 Å². The largest absolute Gasteiger partial charge is 0.469 e. The quantitative estimate of drug-likeness (QED) is 0.786. The fraction of sp³-hybridized carbons (Fsp3) is 0.867. The number of rotatable bonds is 3. The first-order chi connectivity index (χ1) is 9.69. The molecule has 0 saturated carbocycles. The lowest BCUT2D eigenvalue weighted by molar-refractivity contribution is -0.146. The van der Waals surface area contributed by atoms with Crippen molar-refractivity contribution in [1.82, 2.24) is 10.2 Å². The number of likely N-dealkylation sites (tertiary alicyclic amines) is 1. The Morgan fingerprint density at radius 2 is 2.10 bits per heavy atom. The van der Waals surface area contributed by atoms with Crippen molar-refractivity contribution in [1.29, 1.82) is 0 Å². The molecule has 1 N–H and O–H groups in total. The lowest BCUT2D eigenvalue weighted by Gasteiger charge is -2.38. The molecule has 3 rings (SSSR count). The summed E-state index contributed by atoms with van der Waals surface area (Å²) in [5.74, 6) is 0.186. The molecule has 20 heavy (non-hydrogen) atoms. The van der Waals surface area contributed by atoms with Crippen LogP contribution in [0.2, 0.25) is 0 Å². The average molecular weight is 280 g/mol. The number of ether oxygens (including phenoxy) is 1. The molecular formula is C15H24N2O3. The van der Waals surface area contributed by atoms with E-state index in [1.54, 1.807) is 0 Å². The van der Waals surface area contributed by atoms with Gasteiger partial charge in [0.25, 0.3) is 0 Å². The van der Waals surface area contributed by atoms with Gasteiger partial charge in [-0.2, -0.15) is 0 Å². The molecule has 3 heterocycles. The van der Waals surface area contributed by atoms with Crippen LogP contribution in [0.1, 0.15) is 44.9 Å². The molecule has 0 radical (unpaired) electrons. The molecule has 3 aliphatic heterocycles. The van der Waals surface area contributed by atoms with E-state index in [2.05, 4.69) is 5.32 Å². The molecule has 3 saturated heterocycles. The highest BCUT2D eigenvalue weighted by Gasteiger charge is 2.45. The van der Waals surface area contributed by atoms with E-state index >= 15 is 0 Å². The number of nitrogens with zero attached hydrogens (tertiary/aromatic N) is 1. The maximum absolute atomic E-state index is 12.8. The molecule has 3 fully saturated rings. The minimum absolute atomic E-state index is 0.0443. The predicted molar refractivity (Wildman–Crippen MR) is 74.0 cm³/mol. The molecule has 112 valence electrons. The highest BCUT2D eigenvalue weighted by Crippen LogP contribution is 2.35. The summed E-state index contributed by atoms with van der Waals surface area (Å²) < 4.78 is 4.77. The third kappa shape index (κ3) is 2.55. The van der Waals surface area contributed by atoms with Crippen molar-refractivity contribution in [2.45, 2.75) is 63.1 Å². The Hall–Kier alpha value is -1.10.